The predicted molar refractivity (Wildman–Crippen MR) is 71.2 cm³/mol. The molecule has 0 aromatic carbocycles. The fourth-order valence-corrected chi connectivity index (χ4v) is 2.61. The highest BCUT2D eigenvalue weighted by atomic mass is 16.3. The molecule has 2 heterocycles. The minimum atomic E-state index is -0.165. The quantitative estimate of drug-likeness (QED) is 0.850. The van der Waals surface area contributed by atoms with Gasteiger partial charge in [0, 0.05) is 6.04 Å². The zero-order valence-corrected chi connectivity index (χ0v) is 10.6. The Morgan fingerprint density at radius 1 is 1.21 bits per heavy atom. The summed E-state index contributed by atoms with van der Waals surface area (Å²) in [7, 11) is 0. The summed E-state index contributed by atoms with van der Waals surface area (Å²) in [5, 5.41) is 17.7. The Balaban J connectivity index is 1.90. The maximum absolute atomic E-state index is 9.58. The molecule has 6 heteroatoms. The van der Waals surface area contributed by atoms with Crippen LogP contribution in [-0.4, -0.2) is 31.0 Å². The lowest BCUT2D eigenvalue weighted by atomic mass is 9.93. The highest BCUT2D eigenvalue weighted by molar-refractivity contribution is 5.52. The van der Waals surface area contributed by atoms with Crippen molar-refractivity contribution in [3.63, 3.8) is 0 Å². The smallest absolute Gasteiger partial charge is 0.182 e. The number of aliphatic hydroxyl groups is 1. The molecule has 6 nitrogen and oxygen atoms in total. The molecule has 0 bridgehead atoms. The second kappa shape index (κ2) is 4.97. The first kappa shape index (κ1) is 12.1. The van der Waals surface area contributed by atoms with Crippen molar-refractivity contribution in [3.8, 4) is 11.5 Å². The van der Waals surface area contributed by atoms with Crippen LogP contribution in [0.15, 0.2) is 24.5 Å². The number of pyridine rings is 1. The zero-order valence-electron chi connectivity index (χ0n) is 10.6. The Morgan fingerprint density at radius 2 is 2.00 bits per heavy atom. The van der Waals surface area contributed by atoms with Crippen LogP contribution in [0.1, 0.15) is 31.7 Å². The molecule has 0 radical (unpaired) electrons. The third-order valence-electron chi connectivity index (χ3n) is 3.63. The molecule has 0 aliphatic heterocycles. The lowest BCUT2D eigenvalue weighted by Gasteiger charge is -2.26. The normalized spacial score (nSPS) is 23.4. The summed E-state index contributed by atoms with van der Waals surface area (Å²) in [6.45, 7) is 0. The minimum absolute atomic E-state index is 0.165. The summed E-state index contributed by atoms with van der Waals surface area (Å²) >= 11 is 0. The third-order valence-corrected chi connectivity index (χ3v) is 3.63. The topological polar surface area (TPSA) is 89.8 Å². The Labute approximate surface area is 111 Å². The Bertz CT molecular complexity index is 560. The van der Waals surface area contributed by atoms with Gasteiger partial charge in [-0.25, -0.2) is 4.98 Å². The Morgan fingerprint density at radius 3 is 2.74 bits per heavy atom. The number of hydrogen-bond donors (Lipinski definition) is 2. The molecule has 0 saturated heterocycles. The highest BCUT2D eigenvalue weighted by Gasteiger charge is 2.23. The van der Waals surface area contributed by atoms with Crippen molar-refractivity contribution >= 4 is 5.82 Å². The Hall–Kier alpha value is -1.95. The Kier molecular flexibility index (Phi) is 3.16. The largest absolute Gasteiger partial charge is 0.393 e. The first-order valence-corrected chi connectivity index (χ1v) is 6.54. The second-order valence-electron chi connectivity index (χ2n) is 4.97. The molecule has 19 heavy (non-hydrogen) atoms. The molecular formula is C13H17N5O. The molecule has 1 aliphatic rings. The third kappa shape index (κ3) is 2.44. The molecule has 3 N–H and O–H groups in total. The number of hydrogen-bond acceptors (Lipinski definition) is 5. The second-order valence-corrected chi connectivity index (χ2v) is 4.97. The van der Waals surface area contributed by atoms with E-state index in [1.807, 2.05) is 16.7 Å². The molecule has 0 unspecified atom stereocenters. The van der Waals surface area contributed by atoms with Crippen molar-refractivity contribution in [2.75, 3.05) is 5.73 Å². The fraction of sp³-hybridized carbons (Fsp3) is 0.462. The van der Waals surface area contributed by atoms with E-state index in [2.05, 4.69) is 15.2 Å². The summed E-state index contributed by atoms with van der Waals surface area (Å²) in [6.07, 6.45) is 5.10. The number of rotatable bonds is 2. The van der Waals surface area contributed by atoms with Crippen molar-refractivity contribution in [3.05, 3.63) is 24.5 Å². The van der Waals surface area contributed by atoms with Gasteiger partial charge in [-0.1, -0.05) is 6.07 Å². The SMILES string of the molecule is Nc1cccc(-c2nncn2C2CCC(O)CC2)n1. The predicted octanol–water partition coefficient (Wildman–Crippen LogP) is 1.40. The van der Waals surface area contributed by atoms with Gasteiger partial charge in [0.2, 0.25) is 0 Å². The van der Waals surface area contributed by atoms with Gasteiger partial charge in [0.05, 0.1) is 6.10 Å². The molecule has 3 rings (SSSR count). The van der Waals surface area contributed by atoms with E-state index in [4.69, 9.17) is 5.73 Å². The molecule has 2 aromatic rings. The number of aliphatic hydroxyl groups excluding tert-OH is 1. The minimum Gasteiger partial charge on any atom is -0.393 e. The fourth-order valence-electron chi connectivity index (χ4n) is 2.61. The van der Waals surface area contributed by atoms with Crippen molar-refractivity contribution < 1.29 is 5.11 Å². The molecule has 1 aliphatic carbocycles. The van der Waals surface area contributed by atoms with Gasteiger partial charge in [-0.05, 0) is 37.8 Å². The monoisotopic (exact) mass is 259 g/mol. The molecule has 0 atom stereocenters. The van der Waals surface area contributed by atoms with Crippen LogP contribution in [0, 0.1) is 0 Å². The van der Waals surface area contributed by atoms with Gasteiger partial charge in [-0.2, -0.15) is 0 Å². The average Bonchev–Trinajstić information content (AvgIpc) is 2.89. The number of aromatic nitrogens is 4. The first-order chi connectivity index (χ1) is 9.24. The molecule has 0 spiro atoms. The van der Waals surface area contributed by atoms with Crippen molar-refractivity contribution in [1.82, 2.24) is 19.7 Å². The molecular weight excluding hydrogens is 242 g/mol. The van der Waals surface area contributed by atoms with E-state index in [1.165, 1.54) is 0 Å². The number of anilines is 1. The average molecular weight is 259 g/mol. The number of nitrogens with two attached hydrogens (primary N) is 1. The van der Waals surface area contributed by atoms with Gasteiger partial charge in [0.1, 0.15) is 17.8 Å². The standard InChI is InChI=1S/C13H17N5O/c14-12-3-1-2-11(16-12)13-17-15-8-18(13)9-4-6-10(19)7-5-9/h1-3,8-10,19H,4-7H2,(H2,14,16). The summed E-state index contributed by atoms with van der Waals surface area (Å²) in [5.74, 6) is 1.22. The highest BCUT2D eigenvalue weighted by Crippen LogP contribution is 2.31. The summed E-state index contributed by atoms with van der Waals surface area (Å²) in [6, 6.07) is 5.83. The van der Waals surface area contributed by atoms with Crippen LogP contribution >= 0.6 is 0 Å². The van der Waals surface area contributed by atoms with Gasteiger partial charge in [0.15, 0.2) is 5.82 Å². The van der Waals surface area contributed by atoms with Crippen LogP contribution in [0.2, 0.25) is 0 Å². The van der Waals surface area contributed by atoms with Crippen LogP contribution in [0.4, 0.5) is 5.82 Å². The van der Waals surface area contributed by atoms with Gasteiger partial charge >= 0.3 is 0 Å². The zero-order chi connectivity index (χ0) is 13.2. The van der Waals surface area contributed by atoms with E-state index >= 15 is 0 Å². The lowest BCUT2D eigenvalue weighted by molar-refractivity contribution is 0.111. The maximum atomic E-state index is 9.58. The van der Waals surface area contributed by atoms with E-state index < -0.39 is 0 Å². The van der Waals surface area contributed by atoms with Gasteiger partial charge in [-0.15, -0.1) is 10.2 Å². The molecule has 1 saturated carbocycles. The van der Waals surface area contributed by atoms with Crippen LogP contribution in [0.5, 0.6) is 0 Å². The van der Waals surface area contributed by atoms with Crippen LogP contribution in [-0.2, 0) is 0 Å². The maximum Gasteiger partial charge on any atom is 0.182 e. The first-order valence-electron chi connectivity index (χ1n) is 6.54. The van der Waals surface area contributed by atoms with Crippen molar-refractivity contribution in [2.45, 2.75) is 37.8 Å². The number of nitrogens with zero attached hydrogens (tertiary/aromatic N) is 4. The van der Waals surface area contributed by atoms with E-state index in [1.54, 1.807) is 12.4 Å². The van der Waals surface area contributed by atoms with Crippen molar-refractivity contribution in [1.29, 1.82) is 0 Å². The summed E-state index contributed by atoms with van der Waals surface area (Å²) in [4.78, 5) is 4.29. The van der Waals surface area contributed by atoms with Gasteiger partial charge < -0.3 is 15.4 Å². The van der Waals surface area contributed by atoms with E-state index in [-0.39, 0.29) is 6.10 Å². The molecule has 1 fully saturated rings. The summed E-state index contributed by atoms with van der Waals surface area (Å²) in [5.41, 5.74) is 6.45. The number of nitrogen functional groups attached to an aromatic ring is 1. The lowest BCUT2D eigenvalue weighted by Crippen LogP contribution is -2.21. The van der Waals surface area contributed by atoms with E-state index in [0.717, 1.165) is 37.2 Å². The summed E-state index contributed by atoms with van der Waals surface area (Å²) < 4.78 is 2.05. The van der Waals surface area contributed by atoms with Crippen LogP contribution in [0.25, 0.3) is 11.5 Å². The molecule has 0 amide bonds. The van der Waals surface area contributed by atoms with Gasteiger partial charge in [0.25, 0.3) is 0 Å². The van der Waals surface area contributed by atoms with E-state index in [0.29, 0.717) is 11.9 Å². The van der Waals surface area contributed by atoms with Gasteiger partial charge in [-0.3, -0.25) is 0 Å². The van der Waals surface area contributed by atoms with Crippen LogP contribution in [0.3, 0.4) is 0 Å². The molecule has 100 valence electrons. The van der Waals surface area contributed by atoms with Crippen LogP contribution < -0.4 is 5.73 Å². The van der Waals surface area contributed by atoms with E-state index in [9.17, 15) is 5.11 Å². The molecule has 2 aromatic heterocycles. The van der Waals surface area contributed by atoms with Crippen molar-refractivity contribution in [2.24, 2.45) is 0 Å².